The van der Waals surface area contributed by atoms with Gasteiger partial charge in [-0.15, -0.1) is 0 Å². The first-order chi connectivity index (χ1) is 59.9. The number of para-hydroxylation sites is 9. The van der Waals surface area contributed by atoms with Crippen LogP contribution in [0, 0.1) is 13.8 Å². The molecule has 121 heavy (non-hydrogen) atoms. The average molecular weight is 1550 g/mol. The Kier molecular flexibility index (Phi) is 15.2. The number of nitrogens with zero attached hydrogens (tertiary/aromatic N) is 7. The highest BCUT2D eigenvalue weighted by molar-refractivity contribution is 6.30. The number of hydrogen-bond donors (Lipinski definition) is 0. The Bertz CT molecular complexity index is 8220. The number of anilines is 11. The molecule has 0 bridgehead atoms. The molecular formula is C112H75N7O2. The summed E-state index contributed by atoms with van der Waals surface area (Å²) in [5, 5.41) is 13.9. The molecule has 25 rings (SSSR count). The zero-order valence-corrected chi connectivity index (χ0v) is 66.3. The third-order valence-electron chi connectivity index (χ3n) is 25.5. The van der Waals surface area contributed by atoms with Crippen LogP contribution in [0.15, 0.2) is 409 Å². The molecule has 23 aromatic rings. The molecule has 0 N–H and O–H groups in total. The summed E-state index contributed by atoms with van der Waals surface area (Å²) in [6.45, 7) is 4.33. The van der Waals surface area contributed by atoms with Crippen LogP contribution in [0.4, 0.5) is 62.6 Å². The molecule has 5 aromatic heterocycles. The first kappa shape index (κ1) is 68.4. The topological polar surface area (TPSA) is 54.0 Å². The molecule has 6 heterocycles. The van der Waals surface area contributed by atoms with Crippen molar-refractivity contribution < 1.29 is 8.83 Å². The number of aryl methyl sites for hydroxylation is 2. The van der Waals surface area contributed by atoms with Crippen LogP contribution in [-0.4, -0.2) is 19.7 Å². The van der Waals surface area contributed by atoms with E-state index in [-0.39, 0.29) is 12.0 Å². The molecule has 0 spiro atoms. The zero-order valence-electron chi connectivity index (χ0n) is 66.3. The van der Waals surface area contributed by atoms with Crippen molar-refractivity contribution >= 4 is 189 Å². The summed E-state index contributed by atoms with van der Waals surface area (Å²) in [4.78, 5) is 9.80. The molecule has 0 saturated carbocycles. The molecule has 18 aromatic carbocycles. The van der Waals surface area contributed by atoms with Crippen molar-refractivity contribution in [3.8, 4) is 17.1 Å². The number of aromatic nitrogens is 3. The quantitative estimate of drug-likeness (QED) is 0.115. The fourth-order valence-electron chi connectivity index (χ4n) is 20.5. The lowest BCUT2D eigenvalue weighted by atomic mass is 9.80. The molecule has 2 unspecified atom stereocenters. The summed E-state index contributed by atoms with van der Waals surface area (Å²) in [6, 6.07) is 145. The van der Waals surface area contributed by atoms with E-state index in [0.29, 0.717) is 0 Å². The Morgan fingerprint density at radius 1 is 0.256 bits per heavy atom. The molecular weight excluding hydrogens is 1480 g/mol. The second kappa shape index (κ2) is 26.9. The third kappa shape index (κ3) is 10.5. The summed E-state index contributed by atoms with van der Waals surface area (Å²) in [5.74, 6) is 0.000250. The summed E-state index contributed by atoms with van der Waals surface area (Å²) < 4.78 is 21.1. The van der Waals surface area contributed by atoms with Crippen molar-refractivity contribution in [3.05, 3.63) is 428 Å². The van der Waals surface area contributed by atoms with Gasteiger partial charge in [0.15, 0.2) is 11.2 Å². The molecule has 2 aliphatic rings. The minimum Gasteiger partial charge on any atom is -0.454 e. The first-order valence-electron chi connectivity index (χ1n) is 41.7. The standard InChI is InChI=1S/C112H75N7O2/c1-70-26-22-38-77(64-70)114(99-44-24-42-89-83-40-18-20-46-105(83)120-111(89)99)81-50-54-93-103(68-81)118(75-34-14-6-15-35-75)97-62-58-85-87(109(93)97)56-60-95-107(85)91-52-48-79(66-101(91)116(95)73-30-10-4-11-31-73)113(72-28-8-3-9-29-72)80-49-53-92-102(67-80)117(74-32-12-5-13-33-74)96-61-57-88-86(108(92)96)59-63-98-110(88)94-55-51-82(69-104(94)119(98)76-36-16-7-17-37-76)115(78-39-23-27-71(2)65-78)100-45-25-43-90-84-41-19-21-47-106(84)121-112(90)100/h3-69,95,107H,1-2H3. The monoisotopic (exact) mass is 1550 g/mol. The highest BCUT2D eigenvalue weighted by Gasteiger charge is 2.43. The minimum atomic E-state index is -0.0216. The maximum absolute atomic E-state index is 6.83. The van der Waals surface area contributed by atoms with Crippen LogP contribution in [0.2, 0.25) is 0 Å². The molecule has 2 atom stereocenters. The highest BCUT2D eigenvalue weighted by Crippen LogP contribution is 2.57. The highest BCUT2D eigenvalue weighted by atomic mass is 16.3. The molecule has 1 aliphatic heterocycles. The van der Waals surface area contributed by atoms with Gasteiger partial charge in [0.1, 0.15) is 11.2 Å². The van der Waals surface area contributed by atoms with E-state index < -0.39 is 0 Å². The van der Waals surface area contributed by atoms with Crippen molar-refractivity contribution in [1.29, 1.82) is 0 Å². The van der Waals surface area contributed by atoms with Crippen molar-refractivity contribution in [1.82, 2.24) is 13.7 Å². The Hall–Kier alpha value is -15.8. The van der Waals surface area contributed by atoms with Gasteiger partial charge in [-0.3, -0.25) is 0 Å². The largest absolute Gasteiger partial charge is 0.454 e. The molecule has 9 heteroatoms. The minimum absolute atomic E-state index is 0.000250. The average Bonchev–Trinajstić information content (AvgIpc) is 1.55. The molecule has 0 amide bonds. The van der Waals surface area contributed by atoms with Gasteiger partial charge < -0.3 is 42.1 Å². The maximum atomic E-state index is 6.83. The Morgan fingerprint density at radius 2 is 0.628 bits per heavy atom. The van der Waals surface area contributed by atoms with E-state index in [1.54, 1.807) is 0 Å². The van der Waals surface area contributed by atoms with Gasteiger partial charge in [0.25, 0.3) is 0 Å². The normalized spacial score (nSPS) is 13.8. The van der Waals surface area contributed by atoms with Crippen LogP contribution >= 0.6 is 0 Å². The van der Waals surface area contributed by atoms with E-state index in [0.717, 1.165) is 151 Å². The molecule has 1 aliphatic carbocycles. The molecule has 0 radical (unpaired) electrons. The van der Waals surface area contributed by atoms with Gasteiger partial charge in [0.05, 0.1) is 50.5 Å². The number of rotatable bonds is 13. The van der Waals surface area contributed by atoms with Crippen molar-refractivity contribution in [2.45, 2.75) is 25.8 Å². The van der Waals surface area contributed by atoms with Crippen LogP contribution in [0.3, 0.4) is 0 Å². The predicted octanol–water partition coefficient (Wildman–Crippen LogP) is 30.6. The summed E-state index contributed by atoms with van der Waals surface area (Å²) >= 11 is 0. The number of benzene rings is 18. The van der Waals surface area contributed by atoms with Crippen molar-refractivity contribution in [2.75, 3.05) is 19.6 Å². The van der Waals surface area contributed by atoms with E-state index in [2.05, 4.69) is 441 Å². The van der Waals surface area contributed by atoms with Gasteiger partial charge >= 0.3 is 0 Å². The lowest BCUT2D eigenvalue weighted by Gasteiger charge is -2.32. The van der Waals surface area contributed by atoms with Gasteiger partial charge in [0, 0.05) is 128 Å². The van der Waals surface area contributed by atoms with Crippen LogP contribution in [-0.2, 0) is 0 Å². The van der Waals surface area contributed by atoms with Gasteiger partial charge in [-0.05, 0) is 228 Å². The molecule has 0 fully saturated rings. The number of fused-ring (bicyclic) bond motifs is 24. The lowest BCUT2D eigenvalue weighted by molar-refractivity contribution is 0.668. The fraction of sp³-hybridized carbons (Fsp3) is 0.0357. The second-order valence-corrected chi connectivity index (χ2v) is 32.4. The molecule has 9 nitrogen and oxygen atoms in total. The van der Waals surface area contributed by atoms with Gasteiger partial charge in [0.2, 0.25) is 0 Å². The van der Waals surface area contributed by atoms with Crippen LogP contribution in [0.5, 0.6) is 0 Å². The summed E-state index contributed by atoms with van der Waals surface area (Å²) in [6.07, 6.45) is 4.91. The van der Waals surface area contributed by atoms with Crippen molar-refractivity contribution in [2.24, 2.45) is 0 Å². The number of hydrogen-bond acceptors (Lipinski definition) is 6. The van der Waals surface area contributed by atoms with E-state index in [1.165, 1.54) is 76.6 Å². The van der Waals surface area contributed by atoms with E-state index >= 15 is 0 Å². The second-order valence-electron chi connectivity index (χ2n) is 32.4. The lowest BCUT2D eigenvalue weighted by Crippen LogP contribution is -2.30. The maximum Gasteiger partial charge on any atom is 0.159 e. The summed E-state index contributed by atoms with van der Waals surface area (Å²) in [7, 11) is 0. The first-order valence-corrected chi connectivity index (χ1v) is 41.7. The Balaban J connectivity index is 0.647. The fourth-order valence-corrected chi connectivity index (χ4v) is 20.5. The Morgan fingerprint density at radius 3 is 1.12 bits per heavy atom. The van der Waals surface area contributed by atoms with E-state index in [1.807, 2.05) is 12.1 Å². The van der Waals surface area contributed by atoms with Gasteiger partial charge in [-0.25, -0.2) is 0 Å². The van der Waals surface area contributed by atoms with Crippen LogP contribution in [0.25, 0.3) is 143 Å². The summed E-state index contributed by atoms with van der Waals surface area (Å²) in [5.41, 5.74) is 31.3. The Labute approximate surface area is 697 Å². The third-order valence-corrected chi connectivity index (χ3v) is 25.5. The molecule has 0 saturated heterocycles. The zero-order chi connectivity index (χ0) is 79.7. The smallest absolute Gasteiger partial charge is 0.159 e. The van der Waals surface area contributed by atoms with E-state index in [4.69, 9.17) is 8.83 Å². The predicted molar refractivity (Wildman–Crippen MR) is 505 cm³/mol. The van der Waals surface area contributed by atoms with Crippen LogP contribution in [0.1, 0.15) is 33.7 Å². The molecule has 570 valence electrons. The van der Waals surface area contributed by atoms with Crippen molar-refractivity contribution in [3.63, 3.8) is 0 Å². The number of furan rings is 2. The SMILES string of the molecule is Cc1cccc(N(c2ccc3c4c5c(ccc4n(-c4ccccc4)c3c2)C2c3ccc(N(c4ccccc4)c4ccc6c7c8ccc9c(c8ccc7n(-c7ccccc7)c6c4)c4ccc(N(c6cccc(C)c6)c6cccc7c6oc6ccccc67)cc4n9-c4ccccc4)cc3N(c3ccccc3)C2C=C5)c2cccc3c2oc2ccccc23)c1. The van der Waals surface area contributed by atoms with Crippen LogP contribution < -0.4 is 19.6 Å². The van der Waals surface area contributed by atoms with Gasteiger partial charge in [-0.1, -0.05) is 231 Å². The van der Waals surface area contributed by atoms with E-state index in [9.17, 15) is 0 Å². The van der Waals surface area contributed by atoms with Gasteiger partial charge in [-0.2, -0.15) is 0 Å².